The van der Waals surface area contributed by atoms with Crippen LogP contribution in [0.5, 0.6) is 0 Å². The number of aryl methyl sites for hydroxylation is 1. The number of rotatable bonds is 4. The fourth-order valence-corrected chi connectivity index (χ4v) is 5.35. The number of nitrogens with zero attached hydrogens (tertiary/aromatic N) is 1. The van der Waals surface area contributed by atoms with Gasteiger partial charge in [0, 0.05) is 6.07 Å². The lowest BCUT2D eigenvalue weighted by Gasteiger charge is -2.37. The van der Waals surface area contributed by atoms with Crippen LogP contribution in [0, 0.1) is 17.5 Å². The quantitative estimate of drug-likeness (QED) is 0.652. The summed E-state index contributed by atoms with van der Waals surface area (Å²) in [5.74, 6) is -3.63. The molecule has 3 aromatic rings. The molecule has 5 nitrogen and oxygen atoms in total. The lowest BCUT2D eigenvalue weighted by Crippen LogP contribution is -2.50. The average Bonchev–Trinajstić information content (AvgIpc) is 2.74. The first kappa shape index (κ1) is 20.9. The van der Waals surface area contributed by atoms with E-state index in [1.165, 1.54) is 24.3 Å². The molecule has 0 spiro atoms. The first-order chi connectivity index (χ1) is 14.8. The number of carbonyl (C=O) groups excluding carboxylic acids is 1. The predicted octanol–water partition coefficient (Wildman–Crippen LogP) is 4.25. The van der Waals surface area contributed by atoms with E-state index in [1.54, 1.807) is 18.2 Å². The number of hydrogen-bond acceptors (Lipinski definition) is 3. The number of sulfonamides is 1. The van der Waals surface area contributed by atoms with Crippen molar-refractivity contribution in [2.24, 2.45) is 0 Å². The van der Waals surface area contributed by atoms with Crippen LogP contribution in [0.3, 0.4) is 0 Å². The van der Waals surface area contributed by atoms with Crippen LogP contribution in [0.25, 0.3) is 0 Å². The number of nitrogens with one attached hydrogen (secondary N) is 1. The van der Waals surface area contributed by atoms with Crippen LogP contribution >= 0.6 is 0 Å². The third kappa shape index (κ3) is 3.88. The molecule has 1 aliphatic rings. The minimum absolute atomic E-state index is 0.0966. The topological polar surface area (TPSA) is 66.5 Å². The Labute approximate surface area is 177 Å². The Morgan fingerprint density at radius 2 is 1.65 bits per heavy atom. The van der Waals surface area contributed by atoms with E-state index < -0.39 is 44.3 Å². The molecule has 9 heteroatoms. The number of halogens is 3. The van der Waals surface area contributed by atoms with E-state index >= 15 is 0 Å². The number of benzene rings is 3. The molecule has 4 rings (SSSR count). The van der Waals surface area contributed by atoms with Crippen molar-refractivity contribution in [3.63, 3.8) is 0 Å². The predicted molar refractivity (Wildman–Crippen MR) is 110 cm³/mol. The monoisotopic (exact) mass is 446 g/mol. The molecule has 3 aromatic carbocycles. The minimum atomic E-state index is -4.58. The highest BCUT2D eigenvalue weighted by atomic mass is 32.2. The molecule has 1 amide bonds. The van der Waals surface area contributed by atoms with Crippen molar-refractivity contribution < 1.29 is 26.4 Å². The number of carbonyl (C=O) groups is 1. The average molecular weight is 446 g/mol. The minimum Gasteiger partial charge on any atom is -0.322 e. The van der Waals surface area contributed by atoms with Gasteiger partial charge in [-0.2, -0.15) is 0 Å². The SMILES string of the molecule is O=C(Nc1ccccc1F)[C@H]1CCc2ccccc2N1S(=O)(=O)c1ccc(F)cc1F. The van der Waals surface area contributed by atoms with Crippen molar-refractivity contribution >= 4 is 27.3 Å². The van der Waals surface area contributed by atoms with Crippen LogP contribution in [0.1, 0.15) is 12.0 Å². The summed E-state index contributed by atoms with van der Waals surface area (Å²) in [7, 11) is -4.58. The highest BCUT2D eigenvalue weighted by Gasteiger charge is 2.41. The molecular formula is C22H17F3N2O3S. The van der Waals surface area contributed by atoms with Crippen molar-refractivity contribution in [1.29, 1.82) is 0 Å². The Kier molecular flexibility index (Phi) is 5.45. The highest BCUT2D eigenvalue weighted by molar-refractivity contribution is 7.93. The van der Waals surface area contributed by atoms with Crippen molar-refractivity contribution in [2.75, 3.05) is 9.62 Å². The van der Waals surface area contributed by atoms with E-state index in [-0.39, 0.29) is 17.8 Å². The molecule has 0 saturated heterocycles. The van der Waals surface area contributed by atoms with Crippen molar-refractivity contribution in [2.45, 2.75) is 23.8 Å². The zero-order chi connectivity index (χ0) is 22.2. The van der Waals surface area contributed by atoms with Gasteiger partial charge in [0.15, 0.2) is 0 Å². The standard InChI is InChI=1S/C22H17F3N2O3S/c23-15-10-12-21(17(25)13-15)31(29,30)27-19-8-4-1-5-14(19)9-11-20(27)22(28)26-18-7-3-2-6-16(18)24/h1-8,10,12-13,20H,9,11H2,(H,26,28)/t20-/m1/s1. The maximum Gasteiger partial charge on any atom is 0.267 e. The van der Waals surface area contributed by atoms with Crippen molar-refractivity contribution in [3.8, 4) is 0 Å². The van der Waals surface area contributed by atoms with Crippen molar-refractivity contribution in [1.82, 2.24) is 0 Å². The van der Waals surface area contributed by atoms with E-state index in [2.05, 4.69) is 5.32 Å². The third-order valence-corrected chi connectivity index (χ3v) is 6.92. The second-order valence-corrected chi connectivity index (χ2v) is 8.81. The van der Waals surface area contributed by atoms with Gasteiger partial charge in [-0.15, -0.1) is 0 Å². The van der Waals surface area contributed by atoms with E-state index in [9.17, 15) is 26.4 Å². The van der Waals surface area contributed by atoms with Gasteiger partial charge in [-0.3, -0.25) is 9.10 Å². The molecule has 1 N–H and O–H groups in total. The zero-order valence-electron chi connectivity index (χ0n) is 16.1. The first-order valence-electron chi connectivity index (χ1n) is 9.42. The summed E-state index contributed by atoms with van der Waals surface area (Å²) in [4.78, 5) is 12.3. The van der Waals surface area contributed by atoms with Gasteiger partial charge in [0.05, 0.1) is 11.4 Å². The smallest absolute Gasteiger partial charge is 0.267 e. The Bertz CT molecular complexity index is 1260. The van der Waals surface area contributed by atoms with Crippen LogP contribution in [0.4, 0.5) is 24.5 Å². The van der Waals surface area contributed by atoms with Gasteiger partial charge in [0.25, 0.3) is 10.0 Å². The third-order valence-electron chi connectivity index (χ3n) is 5.06. The van der Waals surface area contributed by atoms with Crippen LogP contribution in [0.15, 0.2) is 71.6 Å². The first-order valence-corrected chi connectivity index (χ1v) is 10.9. The van der Waals surface area contributed by atoms with Gasteiger partial charge in [0.2, 0.25) is 5.91 Å². The number of amides is 1. The molecule has 1 aliphatic heterocycles. The summed E-state index contributed by atoms with van der Waals surface area (Å²) in [5, 5.41) is 2.41. The fraction of sp³-hybridized carbons (Fsp3) is 0.136. The Hall–Kier alpha value is -3.33. The van der Waals surface area contributed by atoms with Crippen LogP contribution in [-0.4, -0.2) is 20.4 Å². The second kappa shape index (κ2) is 8.07. The molecule has 1 heterocycles. The molecule has 1 atom stereocenters. The summed E-state index contributed by atoms with van der Waals surface area (Å²) in [5.41, 5.74) is 0.770. The summed E-state index contributed by atoms with van der Waals surface area (Å²) in [6.07, 6.45) is 0.489. The molecule has 0 unspecified atom stereocenters. The largest absolute Gasteiger partial charge is 0.322 e. The number of hydrogen-bond donors (Lipinski definition) is 1. The lowest BCUT2D eigenvalue weighted by molar-refractivity contribution is -0.117. The number of anilines is 2. The van der Waals surface area contributed by atoms with Crippen LogP contribution < -0.4 is 9.62 Å². The van der Waals surface area contributed by atoms with Crippen LogP contribution in [-0.2, 0) is 21.2 Å². The molecule has 0 radical (unpaired) electrons. The van der Waals surface area contributed by atoms with E-state index in [0.29, 0.717) is 18.1 Å². The summed E-state index contributed by atoms with van der Waals surface area (Å²) in [6.45, 7) is 0. The number of para-hydroxylation sites is 2. The van der Waals surface area contributed by atoms with Gasteiger partial charge >= 0.3 is 0 Å². The molecule has 0 fully saturated rings. The molecule has 31 heavy (non-hydrogen) atoms. The van der Waals surface area contributed by atoms with Gasteiger partial charge in [-0.05, 0) is 48.7 Å². The maximum absolute atomic E-state index is 14.4. The van der Waals surface area contributed by atoms with Gasteiger partial charge in [-0.1, -0.05) is 30.3 Å². The van der Waals surface area contributed by atoms with Crippen molar-refractivity contribution in [3.05, 3.63) is 89.7 Å². The van der Waals surface area contributed by atoms with Gasteiger partial charge < -0.3 is 5.32 Å². The van der Waals surface area contributed by atoms with E-state index in [4.69, 9.17) is 0 Å². The lowest BCUT2D eigenvalue weighted by atomic mass is 9.97. The van der Waals surface area contributed by atoms with Gasteiger partial charge in [-0.25, -0.2) is 21.6 Å². The Balaban J connectivity index is 1.80. The van der Waals surface area contributed by atoms with Crippen LogP contribution in [0.2, 0.25) is 0 Å². The Morgan fingerprint density at radius 3 is 2.39 bits per heavy atom. The van der Waals surface area contributed by atoms with E-state index in [1.807, 2.05) is 0 Å². The second-order valence-electron chi connectivity index (χ2n) is 7.03. The summed E-state index contributed by atoms with van der Waals surface area (Å²) >= 11 is 0. The normalized spacial score (nSPS) is 16.0. The molecule has 0 aromatic heterocycles. The maximum atomic E-state index is 14.4. The zero-order valence-corrected chi connectivity index (χ0v) is 16.9. The fourth-order valence-electron chi connectivity index (χ4n) is 3.62. The molecule has 0 bridgehead atoms. The highest BCUT2D eigenvalue weighted by Crippen LogP contribution is 2.36. The molecule has 160 valence electrons. The number of fused-ring (bicyclic) bond motifs is 1. The molecule has 0 saturated carbocycles. The van der Waals surface area contributed by atoms with E-state index in [0.717, 1.165) is 22.5 Å². The molecular weight excluding hydrogens is 429 g/mol. The van der Waals surface area contributed by atoms with Gasteiger partial charge in [0.1, 0.15) is 28.4 Å². The molecule has 0 aliphatic carbocycles. The summed E-state index contributed by atoms with van der Waals surface area (Å²) in [6, 6.07) is 12.9. The Morgan fingerprint density at radius 1 is 0.935 bits per heavy atom. The summed E-state index contributed by atoms with van der Waals surface area (Å²) < 4.78 is 69.5.